The summed E-state index contributed by atoms with van der Waals surface area (Å²) in [5, 5.41) is 8.87. The van der Waals surface area contributed by atoms with Gasteiger partial charge in [0.1, 0.15) is 0 Å². The molecule has 0 unspecified atom stereocenters. The normalized spacial score (nSPS) is 16.4. The lowest BCUT2D eigenvalue weighted by Crippen LogP contribution is -2.15. The second-order valence-electron chi connectivity index (χ2n) is 4.34. The highest BCUT2D eigenvalue weighted by Gasteiger charge is 2.05. The quantitative estimate of drug-likeness (QED) is 0.588. The monoisotopic (exact) mass is 446 g/mol. The van der Waals surface area contributed by atoms with Crippen LogP contribution >= 0.6 is 57.5 Å². The molecule has 0 radical (unpaired) electrons. The van der Waals surface area contributed by atoms with Crippen LogP contribution in [-0.2, 0) is 0 Å². The van der Waals surface area contributed by atoms with Crippen LogP contribution in [0.3, 0.4) is 0 Å². The standard InChI is InChI=1S/C12H22N4S2.2BrH/c1(3-9-17-11-13-5-6-14-11)2-4-10-18-12-15-7-8-16-12;;/h1-10H2,(H,13,14)(H,15,16);2*1H. The maximum absolute atomic E-state index is 4.37. The average Bonchev–Trinajstić information content (AvgIpc) is 3.05. The zero-order valence-electron chi connectivity index (χ0n) is 11.6. The van der Waals surface area contributed by atoms with Crippen molar-refractivity contribution in [2.45, 2.75) is 25.7 Å². The summed E-state index contributed by atoms with van der Waals surface area (Å²) in [5.74, 6) is 2.40. The molecule has 8 heteroatoms. The van der Waals surface area contributed by atoms with E-state index in [2.05, 4.69) is 20.6 Å². The zero-order chi connectivity index (χ0) is 12.5. The van der Waals surface area contributed by atoms with Crippen molar-refractivity contribution in [3.8, 4) is 0 Å². The Bertz CT molecular complexity index is 284. The van der Waals surface area contributed by atoms with Gasteiger partial charge in [0.15, 0.2) is 10.3 Å². The Balaban J connectivity index is 0.00000180. The fourth-order valence-corrected chi connectivity index (χ4v) is 3.70. The van der Waals surface area contributed by atoms with Crippen LogP contribution in [0.4, 0.5) is 0 Å². The second kappa shape index (κ2) is 13.3. The third-order valence-electron chi connectivity index (χ3n) is 2.80. The van der Waals surface area contributed by atoms with Crippen molar-refractivity contribution in [3.63, 3.8) is 0 Å². The van der Waals surface area contributed by atoms with Crippen LogP contribution in [-0.4, -0.2) is 48.0 Å². The number of amidine groups is 2. The molecule has 0 aromatic heterocycles. The van der Waals surface area contributed by atoms with Gasteiger partial charge in [0.25, 0.3) is 0 Å². The Kier molecular flexibility index (Phi) is 13.7. The maximum Gasteiger partial charge on any atom is 0.156 e. The fourth-order valence-electron chi connectivity index (χ4n) is 1.84. The number of halogens is 2. The van der Waals surface area contributed by atoms with Gasteiger partial charge in [-0.1, -0.05) is 36.4 Å². The van der Waals surface area contributed by atoms with E-state index in [1.54, 1.807) is 0 Å². The maximum atomic E-state index is 4.37. The lowest BCUT2D eigenvalue weighted by atomic mass is 10.2. The number of unbranched alkanes of at least 4 members (excludes halogenated alkanes) is 3. The molecule has 0 aromatic rings. The van der Waals surface area contributed by atoms with Crippen LogP contribution in [0.25, 0.3) is 0 Å². The van der Waals surface area contributed by atoms with Crippen molar-refractivity contribution in [3.05, 3.63) is 0 Å². The number of aliphatic imine (C=N–C) groups is 2. The number of rotatable bonds is 7. The van der Waals surface area contributed by atoms with Crippen molar-refractivity contribution in [2.24, 2.45) is 9.98 Å². The van der Waals surface area contributed by atoms with Crippen molar-refractivity contribution in [2.75, 3.05) is 37.7 Å². The first kappa shape index (κ1) is 20.6. The smallest absolute Gasteiger partial charge is 0.156 e. The molecule has 2 aliphatic heterocycles. The van der Waals surface area contributed by atoms with Gasteiger partial charge in [-0.2, -0.15) is 0 Å². The number of hydrogen-bond acceptors (Lipinski definition) is 6. The molecule has 0 fully saturated rings. The lowest BCUT2D eigenvalue weighted by molar-refractivity contribution is 0.712. The predicted molar refractivity (Wildman–Crippen MR) is 105 cm³/mol. The summed E-state index contributed by atoms with van der Waals surface area (Å²) in [5.41, 5.74) is 0. The first-order chi connectivity index (χ1) is 8.95. The molecule has 118 valence electrons. The molecular weight excluding hydrogens is 424 g/mol. The van der Waals surface area contributed by atoms with Gasteiger partial charge in [-0.3, -0.25) is 9.98 Å². The molecular formula is C12H24Br2N4S2. The van der Waals surface area contributed by atoms with E-state index in [1.165, 1.54) is 37.2 Å². The molecule has 0 amide bonds. The Labute approximate surface area is 151 Å². The summed E-state index contributed by atoms with van der Waals surface area (Å²) in [4.78, 5) is 8.74. The fraction of sp³-hybridized carbons (Fsp3) is 0.833. The summed E-state index contributed by atoms with van der Waals surface area (Å²) < 4.78 is 0. The molecule has 2 aliphatic rings. The largest absolute Gasteiger partial charge is 0.363 e. The molecule has 2 heterocycles. The molecule has 0 saturated carbocycles. The highest BCUT2D eigenvalue weighted by molar-refractivity contribution is 8.93. The molecule has 0 atom stereocenters. The van der Waals surface area contributed by atoms with E-state index < -0.39 is 0 Å². The van der Waals surface area contributed by atoms with Crippen molar-refractivity contribution < 1.29 is 0 Å². The topological polar surface area (TPSA) is 48.8 Å². The number of nitrogens with one attached hydrogen (secondary N) is 2. The number of hydrogen-bond donors (Lipinski definition) is 2. The highest BCUT2D eigenvalue weighted by Crippen LogP contribution is 2.13. The minimum Gasteiger partial charge on any atom is -0.363 e. The Morgan fingerprint density at radius 3 is 1.55 bits per heavy atom. The van der Waals surface area contributed by atoms with Crippen LogP contribution in [0, 0.1) is 0 Å². The van der Waals surface area contributed by atoms with Crippen LogP contribution < -0.4 is 10.6 Å². The molecule has 2 rings (SSSR count). The second-order valence-corrected chi connectivity index (χ2v) is 6.51. The van der Waals surface area contributed by atoms with Crippen LogP contribution in [0.5, 0.6) is 0 Å². The molecule has 4 nitrogen and oxygen atoms in total. The van der Waals surface area contributed by atoms with Gasteiger partial charge >= 0.3 is 0 Å². The predicted octanol–water partition coefficient (Wildman–Crippen LogP) is 3.09. The molecule has 0 bridgehead atoms. The summed E-state index contributed by atoms with van der Waals surface area (Å²) >= 11 is 3.75. The van der Waals surface area contributed by atoms with Gasteiger partial charge in [0, 0.05) is 24.6 Å². The van der Waals surface area contributed by atoms with Crippen LogP contribution in [0.15, 0.2) is 9.98 Å². The van der Waals surface area contributed by atoms with Crippen LogP contribution in [0.2, 0.25) is 0 Å². The third-order valence-corrected chi connectivity index (χ3v) is 4.88. The van der Waals surface area contributed by atoms with E-state index in [0.717, 1.165) is 36.5 Å². The summed E-state index contributed by atoms with van der Waals surface area (Å²) in [6.07, 6.45) is 5.27. The average molecular weight is 448 g/mol. The highest BCUT2D eigenvalue weighted by atomic mass is 79.9. The molecule has 0 spiro atoms. The van der Waals surface area contributed by atoms with E-state index in [9.17, 15) is 0 Å². The number of thioether (sulfide) groups is 2. The molecule has 0 saturated heterocycles. The summed E-state index contributed by atoms with van der Waals surface area (Å²) in [7, 11) is 0. The molecule has 0 aromatic carbocycles. The van der Waals surface area contributed by atoms with Gasteiger partial charge in [-0.25, -0.2) is 0 Å². The van der Waals surface area contributed by atoms with E-state index in [1.807, 2.05) is 23.5 Å². The van der Waals surface area contributed by atoms with Crippen LogP contribution in [0.1, 0.15) is 25.7 Å². The first-order valence-corrected chi connectivity index (χ1v) is 8.74. The van der Waals surface area contributed by atoms with E-state index in [-0.39, 0.29) is 34.0 Å². The van der Waals surface area contributed by atoms with Crippen molar-refractivity contribution >= 4 is 67.8 Å². The molecule has 2 N–H and O–H groups in total. The van der Waals surface area contributed by atoms with Gasteiger partial charge in [0.2, 0.25) is 0 Å². The minimum absolute atomic E-state index is 0. The third kappa shape index (κ3) is 8.79. The van der Waals surface area contributed by atoms with E-state index in [4.69, 9.17) is 0 Å². The van der Waals surface area contributed by atoms with E-state index in [0.29, 0.717) is 0 Å². The van der Waals surface area contributed by atoms with Gasteiger partial charge in [-0.15, -0.1) is 34.0 Å². The minimum atomic E-state index is 0. The molecule has 0 aliphatic carbocycles. The van der Waals surface area contributed by atoms with Crippen molar-refractivity contribution in [1.29, 1.82) is 0 Å². The number of nitrogens with zero attached hydrogens (tertiary/aromatic N) is 2. The van der Waals surface area contributed by atoms with Crippen molar-refractivity contribution in [1.82, 2.24) is 10.6 Å². The molecule has 20 heavy (non-hydrogen) atoms. The Hall–Kier alpha value is 0.600. The van der Waals surface area contributed by atoms with Gasteiger partial charge in [-0.05, 0) is 12.8 Å². The first-order valence-electron chi connectivity index (χ1n) is 6.77. The Morgan fingerprint density at radius 2 is 1.20 bits per heavy atom. The van der Waals surface area contributed by atoms with Gasteiger partial charge in [0.05, 0.1) is 13.1 Å². The SMILES string of the molecule is Br.Br.C(CCCSC1=NCCN1)CCSC1=NCCN1. The summed E-state index contributed by atoms with van der Waals surface area (Å²) in [6, 6.07) is 0. The van der Waals surface area contributed by atoms with E-state index >= 15 is 0 Å². The Morgan fingerprint density at radius 1 is 0.750 bits per heavy atom. The zero-order valence-corrected chi connectivity index (χ0v) is 16.7. The van der Waals surface area contributed by atoms with Gasteiger partial charge < -0.3 is 10.6 Å². The lowest BCUT2D eigenvalue weighted by Gasteiger charge is -2.03. The summed E-state index contributed by atoms with van der Waals surface area (Å²) in [6.45, 7) is 3.96.